The van der Waals surface area contributed by atoms with Crippen LogP contribution in [0.4, 0.5) is 4.79 Å². The molecule has 5 aliphatic carbocycles. The third-order valence-electron chi connectivity index (χ3n) is 16.7. The first kappa shape index (κ1) is 57.8. The molecule has 5 fully saturated rings. The van der Waals surface area contributed by atoms with Crippen LogP contribution in [0.5, 0.6) is 5.75 Å². The van der Waals surface area contributed by atoms with Gasteiger partial charge in [-0.15, -0.1) is 5.92 Å². The van der Waals surface area contributed by atoms with E-state index in [0.29, 0.717) is 19.3 Å². The monoisotopic (exact) mass is 1080 g/mol. The Morgan fingerprint density at radius 1 is 0.909 bits per heavy atom. The van der Waals surface area contributed by atoms with Gasteiger partial charge >= 0.3 is 6.09 Å². The fraction of sp³-hybridized carbons (Fsp3) is 0.673. The number of aliphatic hydroxyl groups excluding tert-OH is 5. The van der Waals surface area contributed by atoms with Crippen LogP contribution in [0.3, 0.4) is 0 Å². The summed E-state index contributed by atoms with van der Waals surface area (Å²) in [6, 6.07) is 4.08. The third-order valence-corrected chi connectivity index (χ3v) is 16.7. The van der Waals surface area contributed by atoms with Crippen LogP contribution < -0.4 is 26.0 Å². The number of benzene rings is 1. The molecule has 0 radical (unpaired) electrons. The topological polar surface area (TPSA) is 316 Å². The van der Waals surface area contributed by atoms with E-state index < -0.39 is 116 Å². The van der Waals surface area contributed by atoms with Crippen molar-refractivity contribution >= 4 is 35.4 Å². The van der Waals surface area contributed by atoms with Gasteiger partial charge in [0.25, 0.3) is 5.91 Å². The van der Waals surface area contributed by atoms with Crippen molar-refractivity contribution in [2.24, 2.45) is 28.6 Å². The van der Waals surface area contributed by atoms with Crippen LogP contribution in [0, 0.1) is 40.4 Å². The van der Waals surface area contributed by atoms with Crippen LogP contribution in [0.1, 0.15) is 107 Å². The molecule has 15 atom stereocenters. The van der Waals surface area contributed by atoms with Gasteiger partial charge in [0.2, 0.25) is 18.1 Å². The number of nitrogens with one attached hydrogen (secondary N) is 4. The van der Waals surface area contributed by atoms with Crippen molar-refractivity contribution in [2.75, 3.05) is 46.2 Å². The Hall–Kier alpha value is -5.32. The summed E-state index contributed by atoms with van der Waals surface area (Å²) in [4.78, 5) is 78.6. The van der Waals surface area contributed by atoms with E-state index in [9.17, 15) is 54.3 Å². The van der Waals surface area contributed by atoms with Gasteiger partial charge in [-0.05, 0) is 93.1 Å². The van der Waals surface area contributed by atoms with E-state index in [1.165, 1.54) is 18.2 Å². The van der Waals surface area contributed by atoms with Gasteiger partial charge in [0, 0.05) is 36.3 Å². The average molecular weight is 1080 g/mol. The van der Waals surface area contributed by atoms with Crippen molar-refractivity contribution in [2.45, 2.75) is 159 Å². The molecule has 22 heteroatoms. The summed E-state index contributed by atoms with van der Waals surface area (Å²) in [5, 5.41) is 63.1. The summed E-state index contributed by atoms with van der Waals surface area (Å²) in [7, 11) is 0. The summed E-state index contributed by atoms with van der Waals surface area (Å²) in [6.45, 7) is 3.41. The molecule has 1 aromatic carbocycles. The molecule has 4 amide bonds. The van der Waals surface area contributed by atoms with Crippen molar-refractivity contribution in [3.63, 3.8) is 0 Å². The second-order valence-corrected chi connectivity index (χ2v) is 21.6. The zero-order chi connectivity index (χ0) is 55.1. The SMILES string of the molecule is CCCC1O[C@@H]2C[C@H]3[C@@H]4CCC5=CC(=O)C=C[C@]5(C)[C@H]4[C@@H](O)C[C@]3(C)[C@]2(C(=O)COCNC(=O)CNC(=O)OCc2ccc(O[C@@H]3O[C@H](CO)[C@@H](O)[C@H](O)[C@H]3O)c(C(=O)NCCNC(=O)COC3C#CCCCCC3)c2)O1. The van der Waals surface area contributed by atoms with Gasteiger partial charge in [0.05, 0.1) is 24.4 Å². The molecule has 2 aliphatic heterocycles. The minimum absolute atomic E-state index is 0.0229. The van der Waals surface area contributed by atoms with Gasteiger partial charge in [-0.3, -0.25) is 24.0 Å². The third kappa shape index (κ3) is 12.4. The maximum atomic E-state index is 14.5. The van der Waals surface area contributed by atoms with Gasteiger partial charge in [0.15, 0.2) is 23.5 Å². The number of carbonyl (C=O) groups excluding carboxylic acids is 6. The Morgan fingerprint density at radius 3 is 2.51 bits per heavy atom. The molecule has 8 rings (SSSR count). The molecule has 3 saturated carbocycles. The molecular weight excluding hydrogens is 1000 g/mol. The smallest absolute Gasteiger partial charge is 0.407 e. The Balaban J connectivity index is 0.823. The fourth-order valence-corrected chi connectivity index (χ4v) is 12.8. The number of allylic oxidation sites excluding steroid dienone is 4. The van der Waals surface area contributed by atoms with Gasteiger partial charge in [-0.25, -0.2) is 4.79 Å². The fourth-order valence-electron chi connectivity index (χ4n) is 12.8. The highest BCUT2D eigenvalue weighted by Crippen LogP contribution is 2.69. The minimum atomic E-state index is -1.79. The zero-order valence-corrected chi connectivity index (χ0v) is 43.9. The van der Waals surface area contributed by atoms with Gasteiger partial charge < -0.3 is 80.0 Å². The molecule has 422 valence electrons. The van der Waals surface area contributed by atoms with Crippen molar-refractivity contribution in [1.29, 1.82) is 0 Å². The Morgan fingerprint density at radius 2 is 1.71 bits per heavy atom. The molecule has 7 aliphatic rings. The highest BCUT2D eigenvalue weighted by molar-refractivity contribution is 6.01. The van der Waals surface area contributed by atoms with Crippen LogP contribution in [0.15, 0.2) is 42.0 Å². The standard InChI is InChI=1S/C55H74N4O18/c1-4-10-45-76-42-23-37-35-15-14-32-22-33(61)17-18-53(32,2)46(35)38(62)24-54(37,3)55(42,77-45)41(63)28-71-30-59-43(64)25-58-52(70)73-27-31-13-16-39(74-51-49(68)48(67)47(66)40(26-60)75-51)36(21-31)50(69)57-20-19-56-44(65)29-72-34-11-8-6-5-7-9-12-34/h13,16-18,21-22,34-35,37-38,40,42,45-49,51,60,62,66-68H,4-8,10-11,14-15,19-20,23-30H2,1-3H3,(H,56,65)(H,57,69)(H,58,70)(H,59,64)/t34?,35-,37-,38-,40+,42+,45?,46+,47+,48-,49+,51+,53-,54-,55+/m0/s1. The van der Waals surface area contributed by atoms with E-state index in [-0.39, 0.29) is 85.1 Å². The summed E-state index contributed by atoms with van der Waals surface area (Å²) in [5.74, 6) is 3.60. The normalized spacial score (nSPS) is 35.0. The van der Waals surface area contributed by atoms with Crippen molar-refractivity contribution in [3.05, 3.63) is 53.1 Å². The van der Waals surface area contributed by atoms with Gasteiger partial charge in [0.1, 0.15) is 69.4 Å². The van der Waals surface area contributed by atoms with E-state index in [4.69, 9.17) is 33.2 Å². The molecule has 22 nitrogen and oxygen atoms in total. The van der Waals surface area contributed by atoms with E-state index in [0.717, 1.165) is 50.5 Å². The molecule has 0 bridgehead atoms. The molecule has 0 spiro atoms. The van der Waals surface area contributed by atoms with Crippen LogP contribution in [-0.4, -0.2) is 168 Å². The van der Waals surface area contributed by atoms with Gasteiger partial charge in [-0.2, -0.15) is 0 Å². The first-order chi connectivity index (χ1) is 36.9. The largest absolute Gasteiger partial charge is 0.461 e. The van der Waals surface area contributed by atoms with E-state index in [1.54, 1.807) is 12.2 Å². The first-order valence-corrected chi connectivity index (χ1v) is 26.9. The van der Waals surface area contributed by atoms with Crippen molar-refractivity contribution in [1.82, 2.24) is 21.3 Å². The first-order valence-electron chi connectivity index (χ1n) is 26.9. The number of hydrogen-bond acceptors (Lipinski definition) is 18. The zero-order valence-electron chi connectivity index (χ0n) is 43.9. The van der Waals surface area contributed by atoms with E-state index in [1.807, 2.05) is 19.9 Å². The highest BCUT2D eigenvalue weighted by Gasteiger charge is 2.75. The predicted molar refractivity (Wildman–Crippen MR) is 270 cm³/mol. The number of alkyl carbamates (subject to hydrolysis) is 1. The molecular formula is C55H74N4O18. The molecule has 2 heterocycles. The number of fused-ring (bicyclic) bond motifs is 7. The molecule has 2 saturated heterocycles. The average Bonchev–Trinajstić information content (AvgIpc) is 3.96. The van der Waals surface area contributed by atoms with E-state index in [2.05, 4.69) is 40.0 Å². The molecule has 77 heavy (non-hydrogen) atoms. The number of Topliss-reactive ketones (excluding diaryl/α,β-unsaturated/α-hetero) is 1. The number of rotatable bonds is 21. The highest BCUT2D eigenvalue weighted by atomic mass is 16.7. The number of ketones is 2. The minimum Gasteiger partial charge on any atom is -0.461 e. The maximum absolute atomic E-state index is 14.5. The lowest BCUT2D eigenvalue weighted by Gasteiger charge is -2.59. The van der Waals surface area contributed by atoms with Crippen molar-refractivity contribution in [3.8, 4) is 17.6 Å². The molecule has 0 aromatic heterocycles. The van der Waals surface area contributed by atoms with E-state index >= 15 is 0 Å². The number of hydrogen-bond donors (Lipinski definition) is 9. The lowest BCUT2D eigenvalue weighted by atomic mass is 9.46. The Kier molecular flexibility index (Phi) is 18.9. The quantitative estimate of drug-likeness (QED) is 0.0473. The van der Waals surface area contributed by atoms with Crippen LogP contribution >= 0.6 is 0 Å². The maximum Gasteiger partial charge on any atom is 0.407 e. The van der Waals surface area contributed by atoms with Crippen LogP contribution in [0.25, 0.3) is 0 Å². The second kappa shape index (κ2) is 25.2. The second-order valence-electron chi connectivity index (χ2n) is 21.6. The summed E-state index contributed by atoms with van der Waals surface area (Å²) in [6.07, 6.45) is 1.96. The van der Waals surface area contributed by atoms with Crippen molar-refractivity contribution < 1.29 is 87.5 Å². The van der Waals surface area contributed by atoms with Crippen LogP contribution in [-0.2, 0) is 54.2 Å². The number of aliphatic hydroxyl groups is 5. The summed E-state index contributed by atoms with van der Waals surface area (Å²) in [5.41, 5.74) is -1.54. The molecule has 1 aromatic rings. The number of ether oxygens (including phenoxy) is 7. The Labute approximate surface area is 447 Å². The summed E-state index contributed by atoms with van der Waals surface area (Å²) >= 11 is 0. The lowest BCUT2D eigenvalue weighted by Crippen LogP contribution is -2.63. The van der Waals surface area contributed by atoms with Crippen LogP contribution in [0.2, 0.25) is 0 Å². The number of carbonyl (C=O) groups is 6. The Bertz CT molecular complexity index is 2480. The predicted octanol–water partition coefficient (Wildman–Crippen LogP) is 1.12. The molecule has 2 unspecified atom stereocenters. The summed E-state index contributed by atoms with van der Waals surface area (Å²) < 4.78 is 41.2. The van der Waals surface area contributed by atoms with Gasteiger partial charge in [-0.1, -0.05) is 57.2 Å². The molecule has 9 N–H and O–H groups in total. The number of amides is 4. The lowest BCUT2D eigenvalue weighted by molar-refractivity contribution is -0.277.